The minimum atomic E-state index is -4.96. The Labute approximate surface area is 575 Å². The van der Waals surface area contributed by atoms with Gasteiger partial charge in [0.05, 0.1) is 26.4 Å². The monoisotopic (exact) mass is 1380 g/mol. The van der Waals surface area contributed by atoms with Crippen molar-refractivity contribution in [1.29, 1.82) is 0 Å². The molecule has 0 aliphatic carbocycles. The topological polar surface area (TPSA) is 237 Å². The summed E-state index contributed by atoms with van der Waals surface area (Å²) in [7, 11) is -9.91. The standard InChI is InChI=1S/C75H146O17P2/c1-8-10-11-12-13-14-15-16-17-18-19-20-21-22-23-28-31-34-44-51-58-74(79)91-70(62-85-72(77)56-49-42-33-30-27-25-24-26-29-32-39-46-53-66(3)4)64-89-93(81,82)87-60-69(76)61-88-94(83,84)90-65-71(63-86-73(78)57-50-43-37-35-40-47-54-67(5)6)92-75(80)59-52-45-38-36-41-48-55-68(7)9-2/h66-71,76H,8-65H2,1-7H3,(H,81,82)(H,83,84)/t68?,69-,70-,71-/m1/s1. The number of rotatable bonds is 73. The van der Waals surface area contributed by atoms with Gasteiger partial charge in [0.2, 0.25) is 0 Å². The van der Waals surface area contributed by atoms with Gasteiger partial charge in [-0.15, -0.1) is 0 Å². The molecule has 0 aromatic rings. The molecule has 0 aromatic heterocycles. The Bertz CT molecular complexity index is 1840. The molecule has 94 heavy (non-hydrogen) atoms. The molecule has 0 aromatic carbocycles. The van der Waals surface area contributed by atoms with Crippen LogP contribution >= 0.6 is 15.6 Å². The molecule has 0 amide bonds. The van der Waals surface area contributed by atoms with Crippen molar-refractivity contribution in [3.05, 3.63) is 0 Å². The third-order valence-electron chi connectivity index (χ3n) is 17.7. The van der Waals surface area contributed by atoms with Gasteiger partial charge in [-0.2, -0.15) is 0 Å². The van der Waals surface area contributed by atoms with Gasteiger partial charge in [-0.3, -0.25) is 37.3 Å². The zero-order chi connectivity index (χ0) is 69.4. The Morgan fingerprint density at radius 2 is 0.543 bits per heavy atom. The van der Waals surface area contributed by atoms with Gasteiger partial charge in [-0.05, 0) is 43.4 Å². The lowest BCUT2D eigenvalue weighted by molar-refractivity contribution is -0.161. The van der Waals surface area contributed by atoms with E-state index in [0.29, 0.717) is 31.6 Å². The average molecular weight is 1380 g/mol. The van der Waals surface area contributed by atoms with Crippen LogP contribution in [-0.4, -0.2) is 96.7 Å². The Morgan fingerprint density at radius 1 is 0.309 bits per heavy atom. The van der Waals surface area contributed by atoms with Crippen LogP contribution in [0.25, 0.3) is 0 Å². The second kappa shape index (κ2) is 65.7. The molecule has 0 heterocycles. The van der Waals surface area contributed by atoms with Crippen LogP contribution in [0.2, 0.25) is 0 Å². The van der Waals surface area contributed by atoms with Crippen molar-refractivity contribution in [2.75, 3.05) is 39.6 Å². The summed E-state index contributed by atoms with van der Waals surface area (Å²) in [5, 5.41) is 10.6. The maximum atomic E-state index is 13.1. The van der Waals surface area contributed by atoms with Crippen molar-refractivity contribution in [2.24, 2.45) is 17.8 Å². The van der Waals surface area contributed by atoms with Gasteiger partial charge in [-0.1, -0.05) is 331 Å². The summed E-state index contributed by atoms with van der Waals surface area (Å²) in [5.41, 5.74) is 0. The first kappa shape index (κ1) is 92.1. The van der Waals surface area contributed by atoms with E-state index in [2.05, 4.69) is 48.5 Å². The van der Waals surface area contributed by atoms with Crippen molar-refractivity contribution >= 4 is 39.5 Å². The number of aliphatic hydroxyl groups excluding tert-OH is 1. The number of esters is 4. The number of unbranched alkanes of at least 4 members (excludes halogenated alkanes) is 40. The number of hydrogen-bond acceptors (Lipinski definition) is 15. The van der Waals surface area contributed by atoms with Gasteiger partial charge in [0.1, 0.15) is 19.3 Å². The van der Waals surface area contributed by atoms with Crippen LogP contribution in [-0.2, 0) is 65.4 Å². The number of phosphoric acid groups is 2. The Morgan fingerprint density at radius 3 is 0.809 bits per heavy atom. The molecule has 0 saturated heterocycles. The smallest absolute Gasteiger partial charge is 0.462 e. The van der Waals surface area contributed by atoms with Crippen LogP contribution in [0.15, 0.2) is 0 Å². The van der Waals surface area contributed by atoms with Crippen molar-refractivity contribution in [3.63, 3.8) is 0 Å². The lowest BCUT2D eigenvalue weighted by Crippen LogP contribution is -2.30. The van der Waals surface area contributed by atoms with E-state index in [1.54, 1.807) is 0 Å². The molecule has 0 rings (SSSR count). The fourth-order valence-electron chi connectivity index (χ4n) is 11.4. The minimum absolute atomic E-state index is 0.102. The molecule has 19 heteroatoms. The maximum Gasteiger partial charge on any atom is 0.472 e. The quantitative estimate of drug-likeness (QED) is 0.0222. The number of aliphatic hydroxyl groups is 1. The van der Waals surface area contributed by atoms with E-state index < -0.39 is 97.5 Å². The summed E-state index contributed by atoms with van der Waals surface area (Å²) in [6, 6.07) is 0. The summed E-state index contributed by atoms with van der Waals surface area (Å²) in [6.07, 6.45) is 51.7. The van der Waals surface area contributed by atoms with Gasteiger partial charge in [0.25, 0.3) is 0 Å². The molecule has 3 unspecified atom stereocenters. The summed E-state index contributed by atoms with van der Waals surface area (Å²) >= 11 is 0. The normalized spacial score (nSPS) is 14.4. The maximum absolute atomic E-state index is 13.1. The molecule has 0 saturated carbocycles. The van der Waals surface area contributed by atoms with Crippen LogP contribution in [0.1, 0.15) is 382 Å². The van der Waals surface area contributed by atoms with E-state index in [9.17, 15) is 43.2 Å². The lowest BCUT2D eigenvalue weighted by atomic mass is 10.00. The van der Waals surface area contributed by atoms with E-state index in [4.69, 9.17) is 37.0 Å². The number of phosphoric ester groups is 2. The van der Waals surface area contributed by atoms with E-state index >= 15 is 0 Å². The van der Waals surface area contributed by atoms with E-state index in [0.717, 1.165) is 108 Å². The predicted molar refractivity (Wildman–Crippen MR) is 381 cm³/mol. The molecule has 17 nitrogen and oxygen atoms in total. The second-order valence-corrected chi connectivity index (χ2v) is 31.1. The average Bonchev–Trinajstić information content (AvgIpc) is 1.61. The zero-order valence-electron chi connectivity index (χ0n) is 61.4. The first-order valence-corrected chi connectivity index (χ1v) is 41.9. The van der Waals surface area contributed by atoms with Crippen LogP contribution in [0.4, 0.5) is 0 Å². The van der Waals surface area contributed by atoms with Gasteiger partial charge < -0.3 is 33.8 Å². The molecule has 0 bridgehead atoms. The van der Waals surface area contributed by atoms with E-state index in [-0.39, 0.29) is 25.7 Å². The zero-order valence-corrected chi connectivity index (χ0v) is 63.2. The lowest BCUT2D eigenvalue weighted by Gasteiger charge is -2.21. The first-order valence-electron chi connectivity index (χ1n) is 38.9. The van der Waals surface area contributed by atoms with Crippen molar-refractivity contribution in [2.45, 2.75) is 401 Å². The number of carbonyl (C=O) groups excluding carboxylic acids is 4. The Hall–Kier alpha value is -1.94. The molecule has 558 valence electrons. The molecular formula is C75H146O17P2. The van der Waals surface area contributed by atoms with Crippen molar-refractivity contribution in [3.8, 4) is 0 Å². The van der Waals surface area contributed by atoms with Crippen LogP contribution in [0.5, 0.6) is 0 Å². The molecule has 0 aliphatic rings. The van der Waals surface area contributed by atoms with Gasteiger partial charge >= 0.3 is 39.5 Å². The summed E-state index contributed by atoms with van der Waals surface area (Å²) in [5.74, 6) is 0.0559. The summed E-state index contributed by atoms with van der Waals surface area (Å²) in [4.78, 5) is 72.7. The highest BCUT2D eigenvalue weighted by molar-refractivity contribution is 7.47. The highest BCUT2D eigenvalue weighted by atomic mass is 31.2. The third kappa shape index (κ3) is 67.3. The molecule has 3 N–H and O–H groups in total. The number of hydrogen-bond donors (Lipinski definition) is 3. The summed E-state index contributed by atoms with van der Waals surface area (Å²) in [6.45, 7) is 11.8. The molecule has 0 aliphatic heterocycles. The van der Waals surface area contributed by atoms with Gasteiger partial charge in [0, 0.05) is 25.7 Å². The van der Waals surface area contributed by atoms with Crippen molar-refractivity contribution < 1.29 is 80.2 Å². The minimum Gasteiger partial charge on any atom is -0.462 e. The SMILES string of the molecule is CCCCCCCCCCCCCCCCCCCCCCC(=O)O[C@H](COC(=O)CCCCCCCCCCCCCCC(C)C)COP(=O)(O)OC[C@@H](O)COP(=O)(O)OC[C@@H](COC(=O)CCCCCCCCC(C)C)OC(=O)CCCCCCCCC(C)CC. The fourth-order valence-corrected chi connectivity index (χ4v) is 13.0. The predicted octanol–water partition coefficient (Wildman–Crippen LogP) is 21.8. The van der Waals surface area contributed by atoms with E-state index in [1.165, 1.54) is 186 Å². The van der Waals surface area contributed by atoms with E-state index in [1.807, 2.05) is 0 Å². The van der Waals surface area contributed by atoms with Crippen LogP contribution in [0, 0.1) is 17.8 Å². The van der Waals surface area contributed by atoms with Gasteiger partial charge in [0.15, 0.2) is 12.2 Å². The molecule has 0 spiro atoms. The highest BCUT2D eigenvalue weighted by Gasteiger charge is 2.30. The Kier molecular flexibility index (Phi) is 64.3. The number of carbonyl (C=O) groups is 4. The van der Waals surface area contributed by atoms with Crippen molar-refractivity contribution in [1.82, 2.24) is 0 Å². The van der Waals surface area contributed by atoms with Crippen LogP contribution < -0.4 is 0 Å². The Balaban J connectivity index is 5.20. The first-order chi connectivity index (χ1) is 45.3. The molecule has 0 fully saturated rings. The fraction of sp³-hybridized carbons (Fsp3) is 0.947. The molecule has 0 radical (unpaired) electrons. The van der Waals surface area contributed by atoms with Crippen LogP contribution in [0.3, 0.4) is 0 Å². The van der Waals surface area contributed by atoms with Gasteiger partial charge in [-0.25, -0.2) is 9.13 Å². The third-order valence-corrected chi connectivity index (χ3v) is 19.6. The highest BCUT2D eigenvalue weighted by Crippen LogP contribution is 2.45. The molecule has 6 atom stereocenters. The molecular weight excluding hydrogens is 1230 g/mol. The summed E-state index contributed by atoms with van der Waals surface area (Å²) < 4.78 is 68.4. The number of ether oxygens (including phenoxy) is 4. The largest absolute Gasteiger partial charge is 0.472 e. The second-order valence-electron chi connectivity index (χ2n) is 28.2.